The first-order valence-electron chi connectivity index (χ1n) is 7.67. The van der Waals surface area contributed by atoms with Crippen molar-refractivity contribution < 1.29 is 9.32 Å². The SMILES string of the molecule is Cc1cc(C(=O)N2CCc3sccc3C2C)c2c(C)noc2n1. The fourth-order valence-electron chi connectivity index (χ4n) is 3.33. The van der Waals surface area contributed by atoms with Gasteiger partial charge in [0.25, 0.3) is 11.6 Å². The Labute approximate surface area is 137 Å². The maximum atomic E-state index is 13.2. The number of pyridine rings is 1. The van der Waals surface area contributed by atoms with E-state index in [1.54, 1.807) is 11.3 Å². The number of aromatic nitrogens is 2. The van der Waals surface area contributed by atoms with E-state index in [0.29, 0.717) is 17.0 Å². The molecule has 4 rings (SSSR count). The Hall–Kier alpha value is -2.21. The van der Waals surface area contributed by atoms with Gasteiger partial charge in [-0.15, -0.1) is 11.3 Å². The molecule has 4 heterocycles. The molecule has 1 atom stereocenters. The van der Waals surface area contributed by atoms with Crippen LogP contribution >= 0.6 is 11.3 Å². The smallest absolute Gasteiger partial charge is 0.258 e. The molecule has 1 amide bonds. The molecule has 0 aliphatic carbocycles. The number of amides is 1. The summed E-state index contributed by atoms with van der Waals surface area (Å²) >= 11 is 1.77. The standard InChI is InChI=1S/C17H17N3O2S/c1-9-8-13(15-10(2)19-22-16(15)18-9)17(21)20-6-4-14-12(11(20)3)5-7-23-14/h5,7-8,11H,4,6H2,1-3H3. The molecule has 5 nitrogen and oxygen atoms in total. The number of fused-ring (bicyclic) bond motifs is 2. The molecule has 0 aromatic carbocycles. The van der Waals surface area contributed by atoms with Gasteiger partial charge >= 0.3 is 0 Å². The number of rotatable bonds is 1. The summed E-state index contributed by atoms with van der Waals surface area (Å²) in [6.07, 6.45) is 0.916. The normalized spacial score (nSPS) is 17.5. The van der Waals surface area contributed by atoms with E-state index in [9.17, 15) is 4.79 Å². The van der Waals surface area contributed by atoms with Gasteiger partial charge in [0.2, 0.25) is 0 Å². The molecule has 0 fully saturated rings. The lowest BCUT2D eigenvalue weighted by Crippen LogP contribution is -2.38. The fourth-order valence-corrected chi connectivity index (χ4v) is 4.29. The summed E-state index contributed by atoms with van der Waals surface area (Å²) < 4.78 is 5.25. The monoisotopic (exact) mass is 327 g/mol. The summed E-state index contributed by atoms with van der Waals surface area (Å²) in [5.41, 5.74) is 3.80. The summed E-state index contributed by atoms with van der Waals surface area (Å²) in [6, 6.07) is 4.05. The van der Waals surface area contributed by atoms with E-state index < -0.39 is 0 Å². The number of hydrogen-bond donors (Lipinski definition) is 0. The molecule has 0 saturated carbocycles. The zero-order valence-corrected chi connectivity index (χ0v) is 14.1. The van der Waals surface area contributed by atoms with E-state index >= 15 is 0 Å². The van der Waals surface area contributed by atoms with Gasteiger partial charge in [-0.25, -0.2) is 4.98 Å². The summed E-state index contributed by atoms with van der Waals surface area (Å²) in [7, 11) is 0. The third-order valence-corrected chi connectivity index (χ3v) is 5.51. The topological polar surface area (TPSA) is 59.2 Å². The Morgan fingerprint density at radius 3 is 3.09 bits per heavy atom. The van der Waals surface area contributed by atoms with Gasteiger partial charge in [0.05, 0.1) is 22.7 Å². The largest absolute Gasteiger partial charge is 0.336 e. The molecule has 0 radical (unpaired) electrons. The van der Waals surface area contributed by atoms with Crippen molar-refractivity contribution in [3.63, 3.8) is 0 Å². The predicted octanol–water partition coefficient (Wildman–Crippen LogP) is 3.66. The zero-order chi connectivity index (χ0) is 16.1. The fraction of sp³-hybridized carbons (Fsp3) is 0.353. The first-order valence-corrected chi connectivity index (χ1v) is 8.55. The van der Waals surface area contributed by atoms with Crippen molar-refractivity contribution in [2.45, 2.75) is 33.2 Å². The van der Waals surface area contributed by atoms with Crippen molar-refractivity contribution in [3.05, 3.63) is 44.9 Å². The second kappa shape index (κ2) is 5.16. The second-order valence-electron chi connectivity index (χ2n) is 5.98. The average molecular weight is 327 g/mol. The highest BCUT2D eigenvalue weighted by molar-refractivity contribution is 7.10. The lowest BCUT2D eigenvalue weighted by atomic mass is 9.99. The summed E-state index contributed by atoms with van der Waals surface area (Å²) in [5.74, 6) is 0.0242. The number of carbonyl (C=O) groups excluding carboxylic acids is 1. The Balaban J connectivity index is 1.80. The lowest BCUT2D eigenvalue weighted by Gasteiger charge is -2.33. The van der Waals surface area contributed by atoms with Crippen LogP contribution in [-0.4, -0.2) is 27.5 Å². The number of hydrogen-bond acceptors (Lipinski definition) is 5. The molecule has 1 aliphatic heterocycles. The van der Waals surface area contributed by atoms with Crippen LogP contribution in [-0.2, 0) is 6.42 Å². The van der Waals surface area contributed by atoms with Gasteiger partial charge in [-0.2, -0.15) is 0 Å². The van der Waals surface area contributed by atoms with E-state index in [1.165, 1.54) is 10.4 Å². The molecule has 0 N–H and O–H groups in total. The number of nitrogens with zero attached hydrogens (tertiary/aromatic N) is 3. The first-order chi connectivity index (χ1) is 11.1. The average Bonchev–Trinajstić information content (AvgIpc) is 3.14. The van der Waals surface area contributed by atoms with Crippen molar-refractivity contribution >= 4 is 28.3 Å². The van der Waals surface area contributed by atoms with Crippen LogP contribution in [0.2, 0.25) is 0 Å². The Morgan fingerprint density at radius 1 is 1.43 bits per heavy atom. The molecule has 3 aromatic rings. The summed E-state index contributed by atoms with van der Waals surface area (Å²) in [6.45, 7) is 6.54. The number of aryl methyl sites for hydroxylation is 2. The van der Waals surface area contributed by atoms with Gasteiger partial charge < -0.3 is 9.42 Å². The van der Waals surface area contributed by atoms with Crippen LogP contribution in [0.25, 0.3) is 11.1 Å². The first kappa shape index (κ1) is 14.4. The summed E-state index contributed by atoms with van der Waals surface area (Å²) in [5, 5.41) is 6.80. The van der Waals surface area contributed by atoms with Crippen LogP contribution in [0.15, 0.2) is 22.0 Å². The minimum absolute atomic E-state index is 0.0242. The van der Waals surface area contributed by atoms with Crippen molar-refractivity contribution in [2.24, 2.45) is 0 Å². The van der Waals surface area contributed by atoms with E-state index in [1.807, 2.05) is 24.8 Å². The molecule has 6 heteroatoms. The molecule has 1 unspecified atom stereocenters. The molecule has 118 valence electrons. The van der Waals surface area contributed by atoms with Gasteiger partial charge in [0, 0.05) is 17.1 Å². The molecule has 0 spiro atoms. The minimum Gasteiger partial charge on any atom is -0.336 e. The minimum atomic E-state index is 0.0242. The van der Waals surface area contributed by atoms with Crippen molar-refractivity contribution in [1.29, 1.82) is 0 Å². The highest BCUT2D eigenvalue weighted by atomic mass is 32.1. The number of carbonyl (C=O) groups is 1. The van der Waals surface area contributed by atoms with Crippen molar-refractivity contribution in [3.8, 4) is 0 Å². The molecule has 0 saturated heterocycles. The Bertz CT molecular complexity index is 912. The van der Waals surface area contributed by atoms with E-state index in [2.05, 4.69) is 28.5 Å². The van der Waals surface area contributed by atoms with Crippen LogP contribution in [0.3, 0.4) is 0 Å². The molecular formula is C17H17N3O2S. The molecule has 1 aliphatic rings. The van der Waals surface area contributed by atoms with E-state index in [0.717, 1.165) is 24.0 Å². The molecule has 0 bridgehead atoms. The maximum absolute atomic E-state index is 13.2. The van der Waals surface area contributed by atoms with E-state index in [-0.39, 0.29) is 11.9 Å². The Kier molecular flexibility index (Phi) is 3.23. The van der Waals surface area contributed by atoms with Crippen LogP contribution < -0.4 is 0 Å². The van der Waals surface area contributed by atoms with Gasteiger partial charge in [-0.05, 0) is 50.3 Å². The van der Waals surface area contributed by atoms with E-state index in [4.69, 9.17) is 4.52 Å². The highest BCUT2D eigenvalue weighted by Gasteiger charge is 2.31. The van der Waals surface area contributed by atoms with Gasteiger partial charge in [0.15, 0.2) is 0 Å². The van der Waals surface area contributed by atoms with Crippen LogP contribution in [0, 0.1) is 13.8 Å². The summed E-state index contributed by atoms with van der Waals surface area (Å²) in [4.78, 5) is 20.9. The van der Waals surface area contributed by atoms with Gasteiger partial charge in [-0.3, -0.25) is 4.79 Å². The van der Waals surface area contributed by atoms with Gasteiger partial charge in [0.1, 0.15) is 0 Å². The maximum Gasteiger partial charge on any atom is 0.258 e. The van der Waals surface area contributed by atoms with Crippen LogP contribution in [0.5, 0.6) is 0 Å². The lowest BCUT2D eigenvalue weighted by molar-refractivity contribution is 0.0681. The third-order valence-electron chi connectivity index (χ3n) is 4.51. The van der Waals surface area contributed by atoms with Gasteiger partial charge in [-0.1, -0.05) is 5.16 Å². The highest BCUT2D eigenvalue weighted by Crippen LogP contribution is 2.34. The molecule has 23 heavy (non-hydrogen) atoms. The quantitative estimate of drug-likeness (QED) is 0.684. The zero-order valence-electron chi connectivity index (χ0n) is 13.3. The number of thiophene rings is 1. The van der Waals surface area contributed by atoms with Crippen LogP contribution in [0.1, 0.15) is 45.2 Å². The third kappa shape index (κ3) is 2.16. The molecular weight excluding hydrogens is 310 g/mol. The van der Waals surface area contributed by atoms with Crippen molar-refractivity contribution in [1.82, 2.24) is 15.0 Å². The second-order valence-corrected chi connectivity index (χ2v) is 6.98. The predicted molar refractivity (Wildman–Crippen MR) is 88.8 cm³/mol. The molecule has 3 aromatic heterocycles. The van der Waals surface area contributed by atoms with Crippen molar-refractivity contribution in [2.75, 3.05) is 6.54 Å². The Morgan fingerprint density at radius 2 is 2.26 bits per heavy atom. The van der Waals surface area contributed by atoms with Crippen LogP contribution in [0.4, 0.5) is 0 Å².